The van der Waals surface area contributed by atoms with E-state index in [0.717, 1.165) is 38.5 Å². The van der Waals surface area contributed by atoms with Gasteiger partial charge >= 0.3 is 71.3 Å². The first-order valence-corrected chi connectivity index (χ1v) is 12.6. The first kappa shape index (κ1) is 39.4. The first-order valence-electron chi connectivity index (χ1n) is 12.6. The summed E-state index contributed by atoms with van der Waals surface area (Å²) in [5.41, 5.74) is 0. The molecule has 196 valence electrons. The molecule has 0 aliphatic heterocycles. The Hall–Kier alpha value is -0.0900. The fraction of sp³-hybridized carbons (Fsp3) is 0.800. The zero-order valence-corrected chi connectivity index (χ0v) is 26.7. The van der Waals surface area contributed by atoms with Crippen molar-refractivity contribution in [2.75, 3.05) is 19.7 Å². The fourth-order valence-electron chi connectivity index (χ4n) is 3.79. The van der Waals surface area contributed by atoms with Crippen molar-refractivity contribution < 1.29 is 91.7 Å². The summed E-state index contributed by atoms with van der Waals surface area (Å²) >= 11 is 0. The molecule has 0 rings (SSSR count). The van der Waals surface area contributed by atoms with Crippen molar-refractivity contribution in [3.05, 3.63) is 12.2 Å². The summed E-state index contributed by atoms with van der Waals surface area (Å²) in [6.07, 6.45) is 16.9. The number of hydrogen-bond donors (Lipinski definition) is 3. The van der Waals surface area contributed by atoms with Crippen LogP contribution < -0.4 is 59.1 Å². The van der Waals surface area contributed by atoms with E-state index in [4.69, 9.17) is 10.2 Å². The third-order valence-corrected chi connectivity index (χ3v) is 5.75. The number of aliphatic hydroxyl groups excluding tert-OH is 1. The Morgan fingerprint density at radius 3 is 1.71 bits per heavy atom. The van der Waals surface area contributed by atoms with Gasteiger partial charge in [0.2, 0.25) is 5.91 Å². The van der Waals surface area contributed by atoms with Gasteiger partial charge in [0, 0.05) is 19.0 Å². The van der Waals surface area contributed by atoms with Crippen LogP contribution in [0, 0.1) is 0 Å². The number of carbonyl (C=O) groups excluding carboxylic acids is 1. The van der Waals surface area contributed by atoms with E-state index in [0.29, 0.717) is 6.42 Å². The Labute approximate surface area is 259 Å². The maximum Gasteiger partial charge on any atom is 1.00 e. The Kier molecular flexibility index (Phi) is 30.4. The van der Waals surface area contributed by atoms with Gasteiger partial charge in [0.05, 0.1) is 13.2 Å². The number of imide groups is 1. The van der Waals surface area contributed by atoms with Crippen LogP contribution in [0.5, 0.6) is 0 Å². The Morgan fingerprint density at radius 2 is 1.26 bits per heavy atom. The third-order valence-electron chi connectivity index (χ3n) is 5.75. The molecule has 0 aliphatic rings. The number of unbranched alkanes of at least 4 members (excludes halogenated alkanes) is 11. The molecule has 0 radical (unpaired) electrons. The van der Waals surface area contributed by atoms with Gasteiger partial charge in [-0.1, -0.05) is 70.4 Å². The van der Waals surface area contributed by atoms with Gasteiger partial charge in [-0.15, -0.1) is 0 Å². The molecule has 0 saturated heterocycles. The number of nitrogens with zero attached hydrogens (tertiary/aromatic N) is 2. The van der Waals surface area contributed by atoms with Crippen molar-refractivity contribution in [3.63, 3.8) is 0 Å². The SMILES string of the molecule is CCCCCCCC/C=C\CCCCCCCC(=O)N(CCO)C(C)CN(C(=O)O)C(=O)O.[H-].[H-].[Na+].[Na+]. The van der Waals surface area contributed by atoms with Crippen molar-refractivity contribution in [1.82, 2.24) is 9.80 Å². The molecule has 1 atom stereocenters. The summed E-state index contributed by atoms with van der Waals surface area (Å²) in [6, 6.07) is -0.639. The largest absolute Gasteiger partial charge is 1.00 e. The van der Waals surface area contributed by atoms with Crippen LogP contribution in [-0.2, 0) is 4.79 Å². The second-order valence-electron chi connectivity index (χ2n) is 8.67. The molecular weight excluding hydrogens is 470 g/mol. The van der Waals surface area contributed by atoms with Crippen LogP contribution in [0.1, 0.15) is 107 Å². The van der Waals surface area contributed by atoms with Crippen LogP contribution in [0.4, 0.5) is 9.59 Å². The van der Waals surface area contributed by atoms with Crippen LogP contribution in [-0.4, -0.2) is 69.0 Å². The predicted molar refractivity (Wildman–Crippen MR) is 133 cm³/mol. The molecule has 3 N–H and O–H groups in total. The Morgan fingerprint density at radius 1 is 0.800 bits per heavy atom. The molecule has 0 aliphatic carbocycles. The molecule has 3 amide bonds. The third kappa shape index (κ3) is 21.7. The van der Waals surface area contributed by atoms with E-state index in [9.17, 15) is 19.5 Å². The van der Waals surface area contributed by atoms with E-state index < -0.39 is 18.2 Å². The second-order valence-corrected chi connectivity index (χ2v) is 8.67. The second kappa shape index (κ2) is 27.0. The van der Waals surface area contributed by atoms with Crippen molar-refractivity contribution in [2.24, 2.45) is 0 Å². The molecule has 1 unspecified atom stereocenters. The van der Waals surface area contributed by atoms with Gasteiger partial charge in [0.1, 0.15) is 0 Å². The maximum atomic E-state index is 12.5. The number of aliphatic hydroxyl groups is 1. The van der Waals surface area contributed by atoms with E-state index in [1.54, 1.807) is 6.92 Å². The summed E-state index contributed by atoms with van der Waals surface area (Å²) < 4.78 is 0. The summed E-state index contributed by atoms with van der Waals surface area (Å²) in [6.45, 7) is 3.27. The molecule has 0 spiro atoms. The minimum absolute atomic E-state index is 0. The molecule has 0 bridgehead atoms. The zero-order valence-electron chi connectivity index (χ0n) is 24.7. The van der Waals surface area contributed by atoms with Crippen LogP contribution in [0.15, 0.2) is 12.2 Å². The van der Waals surface area contributed by atoms with E-state index in [2.05, 4.69) is 19.1 Å². The van der Waals surface area contributed by atoms with Crippen LogP contribution in [0.25, 0.3) is 0 Å². The molecule has 10 heteroatoms. The van der Waals surface area contributed by atoms with Gasteiger partial charge in [-0.3, -0.25) is 4.79 Å². The molecule has 0 aromatic rings. The van der Waals surface area contributed by atoms with E-state index in [-0.39, 0.29) is 92.5 Å². The van der Waals surface area contributed by atoms with Gasteiger partial charge in [0.25, 0.3) is 0 Å². The first-order chi connectivity index (χ1) is 15.8. The molecular formula is C25H48N2Na2O6. The molecule has 0 saturated carbocycles. The topological polar surface area (TPSA) is 118 Å². The minimum Gasteiger partial charge on any atom is -1.00 e. The molecule has 0 aromatic heterocycles. The number of carbonyl (C=O) groups is 3. The van der Waals surface area contributed by atoms with E-state index in [1.165, 1.54) is 49.8 Å². The van der Waals surface area contributed by atoms with Crippen LogP contribution in [0.2, 0.25) is 0 Å². The number of carboxylic acid groups (broad SMARTS) is 2. The summed E-state index contributed by atoms with van der Waals surface area (Å²) in [5, 5.41) is 27.2. The van der Waals surface area contributed by atoms with Crippen molar-refractivity contribution in [1.29, 1.82) is 0 Å². The van der Waals surface area contributed by atoms with Gasteiger partial charge in [-0.25, -0.2) is 14.5 Å². The molecule has 0 fully saturated rings. The summed E-state index contributed by atoms with van der Waals surface area (Å²) in [4.78, 5) is 36.2. The average molecular weight is 519 g/mol. The smallest absolute Gasteiger partial charge is 1.00 e. The standard InChI is InChI=1S/C25H46N2O6.2Na.2H/c1-3-4-5-6-7-8-9-10-11-12-13-14-15-16-17-18-23(29)26(19-20-28)22(2)21-27(24(30)31)25(32)33;;;;/h10-11,22,28H,3-9,12-21H2,1-2H3,(H,30,31)(H,32,33);;;;/q;2*+1;2*-1/b11-10-;;;;. The normalized spacial score (nSPS) is 11.4. The van der Waals surface area contributed by atoms with Crippen molar-refractivity contribution in [2.45, 2.75) is 110 Å². The van der Waals surface area contributed by atoms with Gasteiger partial charge in [-0.05, 0) is 39.0 Å². The number of allylic oxidation sites excluding steroid dienone is 2. The number of amides is 3. The monoisotopic (exact) mass is 518 g/mol. The van der Waals surface area contributed by atoms with Crippen LogP contribution >= 0.6 is 0 Å². The molecule has 0 heterocycles. The van der Waals surface area contributed by atoms with Crippen molar-refractivity contribution in [3.8, 4) is 0 Å². The van der Waals surface area contributed by atoms with Crippen molar-refractivity contribution >= 4 is 18.1 Å². The van der Waals surface area contributed by atoms with Gasteiger partial charge in [-0.2, -0.15) is 0 Å². The predicted octanol–water partition coefficient (Wildman–Crippen LogP) is 0.124. The zero-order chi connectivity index (χ0) is 24.9. The number of rotatable bonds is 20. The molecule has 0 aromatic carbocycles. The van der Waals surface area contributed by atoms with Crippen LogP contribution in [0.3, 0.4) is 0 Å². The summed E-state index contributed by atoms with van der Waals surface area (Å²) in [7, 11) is 0. The average Bonchev–Trinajstić information content (AvgIpc) is 2.77. The quantitative estimate of drug-likeness (QED) is 0.120. The van der Waals surface area contributed by atoms with E-state index in [1.807, 2.05) is 0 Å². The van der Waals surface area contributed by atoms with E-state index >= 15 is 0 Å². The van der Waals surface area contributed by atoms with Gasteiger partial charge < -0.3 is 23.1 Å². The molecule has 35 heavy (non-hydrogen) atoms. The molecule has 8 nitrogen and oxygen atoms in total. The fourth-order valence-corrected chi connectivity index (χ4v) is 3.79. The Bertz CT molecular complexity index is 575. The maximum absolute atomic E-state index is 12.5. The number of hydrogen-bond acceptors (Lipinski definition) is 4. The van der Waals surface area contributed by atoms with Gasteiger partial charge in [0.15, 0.2) is 0 Å². The Balaban J connectivity index is -0.000000853. The summed E-state index contributed by atoms with van der Waals surface area (Å²) in [5.74, 6) is -0.190. The minimum atomic E-state index is -1.58.